The van der Waals surface area contributed by atoms with Crippen LogP contribution in [0, 0.1) is 0 Å². The Bertz CT molecular complexity index is 510. The second kappa shape index (κ2) is 5.29. The summed E-state index contributed by atoms with van der Waals surface area (Å²) in [5, 5.41) is 3.87. The van der Waals surface area contributed by atoms with Crippen molar-refractivity contribution in [2.75, 3.05) is 6.61 Å². The normalized spacial score (nSPS) is 30.3. The smallest absolute Gasteiger partial charge is 0.124 e. The van der Waals surface area contributed by atoms with Crippen molar-refractivity contribution in [3.63, 3.8) is 0 Å². The Labute approximate surface area is 128 Å². The zero-order chi connectivity index (χ0) is 15.1. The van der Waals surface area contributed by atoms with Gasteiger partial charge in [-0.1, -0.05) is 18.2 Å². The number of hydrogen-bond donors (Lipinski definition) is 1. The van der Waals surface area contributed by atoms with Gasteiger partial charge in [-0.25, -0.2) is 0 Å². The topological polar surface area (TPSA) is 30.5 Å². The summed E-state index contributed by atoms with van der Waals surface area (Å²) < 4.78 is 11.9. The fourth-order valence-corrected chi connectivity index (χ4v) is 3.61. The Morgan fingerprint density at radius 1 is 1.05 bits per heavy atom. The average molecular weight is 289 g/mol. The van der Waals surface area contributed by atoms with E-state index in [1.165, 1.54) is 5.56 Å². The average Bonchev–Trinajstić information content (AvgIpc) is 2.36. The SMILES string of the molecule is CC1(C)CC(NC2CC(C)(C)Oc3ccccc32)CCO1. The monoisotopic (exact) mass is 289 g/mol. The Hall–Kier alpha value is -1.06. The molecule has 3 heteroatoms. The zero-order valence-corrected chi connectivity index (χ0v) is 13.6. The van der Waals surface area contributed by atoms with Crippen molar-refractivity contribution >= 4 is 0 Å². The molecule has 2 aliphatic rings. The van der Waals surface area contributed by atoms with E-state index in [0.717, 1.165) is 31.6 Å². The number of benzene rings is 1. The predicted octanol–water partition coefficient (Wildman–Crippen LogP) is 3.84. The van der Waals surface area contributed by atoms with Gasteiger partial charge in [0.05, 0.1) is 5.60 Å². The van der Waals surface area contributed by atoms with Crippen LogP contribution in [0.2, 0.25) is 0 Å². The Morgan fingerprint density at radius 2 is 1.81 bits per heavy atom. The van der Waals surface area contributed by atoms with E-state index in [0.29, 0.717) is 12.1 Å². The molecule has 21 heavy (non-hydrogen) atoms. The summed E-state index contributed by atoms with van der Waals surface area (Å²) in [6.07, 6.45) is 3.15. The summed E-state index contributed by atoms with van der Waals surface area (Å²) in [6, 6.07) is 9.30. The number of hydrogen-bond acceptors (Lipinski definition) is 3. The molecule has 0 aliphatic carbocycles. The van der Waals surface area contributed by atoms with E-state index >= 15 is 0 Å². The minimum absolute atomic E-state index is 0.0177. The van der Waals surface area contributed by atoms with Gasteiger partial charge in [-0.3, -0.25) is 0 Å². The Balaban J connectivity index is 1.78. The fraction of sp³-hybridized carbons (Fsp3) is 0.667. The third kappa shape index (κ3) is 3.41. The van der Waals surface area contributed by atoms with Crippen LogP contribution in [-0.4, -0.2) is 23.9 Å². The summed E-state index contributed by atoms with van der Waals surface area (Å²) in [4.78, 5) is 0. The fourth-order valence-electron chi connectivity index (χ4n) is 3.61. The summed E-state index contributed by atoms with van der Waals surface area (Å²) >= 11 is 0. The molecule has 1 N–H and O–H groups in total. The number of fused-ring (bicyclic) bond motifs is 1. The van der Waals surface area contributed by atoms with Gasteiger partial charge in [0.15, 0.2) is 0 Å². The van der Waals surface area contributed by atoms with Crippen molar-refractivity contribution in [1.82, 2.24) is 5.32 Å². The standard InChI is InChI=1S/C18H27NO2/c1-17(2)11-13(9-10-20-17)19-15-12-18(3,4)21-16-8-6-5-7-14(15)16/h5-8,13,15,19H,9-12H2,1-4H3. The molecule has 0 spiro atoms. The molecule has 2 aliphatic heterocycles. The third-order valence-corrected chi connectivity index (χ3v) is 4.51. The lowest BCUT2D eigenvalue weighted by Crippen LogP contribution is -2.47. The molecule has 3 nitrogen and oxygen atoms in total. The van der Waals surface area contributed by atoms with Gasteiger partial charge >= 0.3 is 0 Å². The molecular formula is C18H27NO2. The maximum atomic E-state index is 6.11. The van der Waals surface area contributed by atoms with Crippen LogP contribution in [0.5, 0.6) is 5.75 Å². The van der Waals surface area contributed by atoms with Crippen molar-refractivity contribution in [2.45, 2.75) is 70.2 Å². The minimum atomic E-state index is -0.118. The molecule has 0 saturated carbocycles. The molecule has 116 valence electrons. The maximum absolute atomic E-state index is 6.11. The van der Waals surface area contributed by atoms with Crippen molar-refractivity contribution < 1.29 is 9.47 Å². The molecule has 1 fully saturated rings. The van der Waals surface area contributed by atoms with E-state index in [1.807, 2.05) is 0 Å². The van der Waals surface area contributed by atoms with Crippen LogP contribution < -0.4 is 10.1 Å². The van der Waals surface area contributed by atoms with Crippen molar-refractivity contribution in [3.05, 3.63) is 29.8 Å². The molecule has 1 saturated heterocycles. The quantitative estimate of drug-likeness (QED) is 0.897. The Kier molecular flexibility index (Phi) is 3.74. The molecule has 0 amide bonds. The molecule has 0 aromatic heterocycles. The summed E-state index contributed by atoms with van der Waals surface area (Å²) in [7, 11) is 0. The highest BCUT2D eigenvalue weighted by atomic mass is 16.5. The van der Waals surface area contributed by atoms with Crippen LogP contribution in [0.1, 0.15) is 58.6 Å². The van der Waals surface area contributed by atoms with Crippen LogP contribution in [-0.2, 0) is 4.74 Å². The number of rotatable bonds is 2. The number of ether oxygens (including phenoxy) is 2. The summed E-state index contributed by atoms with van der Waals surface area (Å²) in [5.74, 6) is 1.03. The first-order chi connectivity index (χ1) is 9.85. The highest BCUT2D eigenvalue weighted by Crippen LogP contribution is 2.40. The molecule has 2 unspecified atom stereocenters. The van der Waals surface area contributed by atoms with Crippen LogP contribution >= 0.6 is 0 Å². The second-order valence-electron chi connectivity index (χ2n) is 7.62. The van der Waals surface area contributed by atoms with E-state index in [1.54, 1.807) is 0 Å². The van der Waals surface area contributed by atoms with Gasteiger partial charge in [-0.15, -0.1) is 0 Å². The predicted molar refractivity (Wildman–Crippen MR) is 84.7 cm³/mol. The molecular weight excluding hydrogens is 262 g/mol. The number of nitrogens with one attached hydrogen (secondary N) is 1. The van der Waals surface area contributed by atoms with Crippen LogP contribution in [0.4, 0.5) is 0 Å². The molecule has 1 aromatic carbocycles. The van der Waals surface area contributed by atoms with Gasteiger partial charge in [-0.05, 0) is 46.6 Å². The van der Waals surface area contributed by atoms with Gasteiger partial charge in [0, 0.05) is 30.7 Å². The summed E-state index contributed by atoms with van der Waals surface area (Å²) in [6.45, 7) is 9.56. The van der Waals surface area contributed by atoms with Crippen molar-refractivity contribution in [3.8, 4) is 5.75 Å². The zero-order valence-electron chi connectivity index (χ0n) is 13.6. The first kappa shape index (κ1) is 14.9. The lowest BCUT2D eigenvalue weighted by atomic mass is 9.87. The van der Waals surface area contributed by atoms with Gasteiger partial charge in [0.1, 0.15) is 11.4 Å². The van der Waals surface area contributed by atoms with Crippen molar-refractivity contribution in [1.29, 1.82) is 0 Å². The lowest BCUT2D eigenvalue weighted by Gasteiger charge is -2.42. The largest absolute Gasteiger partial charge is 0.487 e. The van der Waals surface area contributed by atoms with Gasteiger partial charge in [0.2, 0.25) is 0 Å². The molecule has 0 bridgehead atoms. The lowest BCUT2D eigenvalue weighted by molar-refractivity contribution is -0.0657. The molecule has 2 heterocycles. The first-order valence-electron chi connectivity index (χ1n) is 8.03. The first-order valence-corrected chi connectivity index (χ1v) is 8.03. The highest BCUT2D eigenvalue weighted by Gasteiger charge is 2.36. The van der Waals surface area contributed by atoms with Gasteiger partial charge < -0.3 is 14.8 Å². The van der Waals surface area contributed by atoms with Crippen LogP contribution in [0.25, 0.3) is 0 Å². The van der Waals surface area contributed by atoms with Crippen molar-refractivity contribution in [2.24, 2.45) is 0 Å². The number of para-hydroxylation sites is 1. The summed E-state index contributed by atoms with van der Waals surface area (Å²) in [5.41, 5.74) is 1.16. The molecule has 0 radical (unpaired) electrons. The van der Waals surface area contributed by atoms with Gasteiger partial charge in [0.25, 0.3) is 0 Å². The van der Waals surface area contributed by atoms with Crippen LogP contribution in [0.15, 0.2) is 24.3 Å². The molecule has 3 rings (SSSR count). The van der Waals surface area contributed by atoms with E-state index in [4.69, 9.17) is 9.47 Å². The van der Waals surface area contributed by atoms with Crippen LogP contribution in [0.3, 0.4) is 0 Å². The molecule has 1 aromatic rings. The van der Waals surface area contributed by atoms with Gasteiger partial charge in [-0.2, -0.15) is 0 Å². The maximum Gasteiger partial charge on any atom is 0.124 e. The van der Waals surface area contributed by atoms with E-state index in [2.05, 4.69) is 57.3 Å². The van der Waals surface area contributed by atoms with E-state index in [-0.39, 0.29) is 11.2 Å². The van der Waals surface area contributed by atoms with E-state index in [9.17, 15) is 0 Å². The minimum Gasteiger partial charge on any atom is -0.487 e. The molecule has 2 atom stereocenters. The third-order valence-electron chi connectivity index (χ3n) is 4.51. The highest BCUT2D eigenvalue weighted by molar-refractivity contribution is 5.38. The second-order valence-corrected chi connectivity index (χ2v) is 7.62. The Morgan fingerprint density at radius 3 is 2.57 bits per heavy atom. The van der Waals surface area contributed by atoms with E-state index < -0.39 is 0 Å².